The van der Waals surface area contributed by atoms with Crippen molar-refractivity contribution in [2.75, 3.05) is 5.73 Å². The zero-order valence-electron chi connectivity index (χ0n) is 6.67. The Kier molecular flexibility index (Phi) is 1.55. The molecule has 0 saturated carbocycles. The van der Waals surface area contributed by atoms with Crippen molar-refractivity contribution >= 4 is 16.6 Å². The van der Waals surface area contributed by atoms with Crippen LogP contribution < -0.4 is 11.3 Å². The minimum atomic E-state index is -0.391. The topological polar surface area (TPSA) is 58.9 Å². The van der Waals surface area contributed by atoms with Crippen molar-refractivity contribution in [1.29, 1.82) is 0 Å². The van der Waals surface area contributed by atoms with Crippen LogP contribution in [0.2, 0.25) is 0 Å². The largest absolute Gasteiger partial charge is 0.394 e. The summed E-state index contributed by atoms with van der Waals surface area (Å²) in [6.07, 6.45) is 0. The first kappa shape index (κ1) is 7.79. The number of rotatable bonds is 0. The van der Waals surface area contributed by atoms with E-state index in [9.17, 15) is 9.18 Å². The van der Waals surface area contributed by atoms with Gasteiger partial charge in [0.2, 0.25) is 0 Å². The highest BCUT2D eigenvalue weighted by Crippen LogP contribution is 2.12. The number of hydrogen-bond acceptors (Lipinski definition) is 2. The zero-order chi connectivity index (χ0) is 9.42. The molecule has 2 aromatic rings. The number of fused-ring (bicyclic) bond motifs is 1. The van der Waals surface area contributed by atoms with E-state index >= 15 is 0 Å². The van der Waals surface area contributed by atoms with Crippen LogP contribution in [-0.4, -0.2) is 4.98 Å². The van der Waals surface area contributed by atoms with Crippen molar-refractivity contribution < 1.29 is 4.39 Å². The molecule has 3 nitrogen and oxygen atoms in total. The van der Waals surface area contributed by atoms with Crippen LogP contribution in [-0.2, 0) is 0 Å². The van der Waals surface area contributed by atoms with E-state index in [1.165, 1.54) is 18.2 Å². The van der Waals surface area contributed by atoms with Crippen molar-refractivity contribution in [2.24, 2.45) is 0 Å². The Morgan fingerprint density at radius 1 is 1.31 bits per heavy atom. The predicted molar refractivity (Wildman–Crippen MR) is 48.9 cm³/mol. The van der Waals surface area contributed by atoms with Crippen LogP contribution in [0.4, 0.5) is 10.1 Å². The Labute approximate surface area is 73.0 Å². The molecule has 0 aliphatic rings. The first-order valence-corrected chi connectivity index (χ1v) is 3.75. The van der Waals surface area contributed by atoms with E-state index in [0.717, 1.165) is 5.39 Å². The fourth-order valence-electron chi connectivity index (χ4n) is 1.19. The first-order valence-electron chi connectivity index (χ1n) is 3.75. The van der Waals surface area contributed by atoms with Gasteiger partial charge in [0.15, 0.2) is 0 Å². The standard InChI is InChI=1S/C9H7FN2O/c10-6-2-1-5-3-7(11)9(13)12-8(5)4-6/h1-4H,11H2,(H,12,13). The van der Waals surface area contributed by atoms with Crippen LogP contribution in [0.15, 0.2) is 29.1 Å². The van der Waals surface area contributed by atoms with E-state index in [1.807, 2.05) is 0 Å². The number of nitrogens with two attached hydrogens (primary N) is 1. The van der Waals surface area contributed by atoms with E-state index < -0.39 is 5.56 Å². The fraction of sp³-hybridized carbons (Fsp3) is 0. The van der Waals surface area contributed by atoms with Gasteiger partial charge in [-0.05, 0) is 24.3 Å². The Balaban J connectivity index is 2.89. The van der Waals surface area contributed by atoms with Gasteiger partial charge in [0.1, 0.15) is 5.82 Å². The quantitative estimate of drug-likeness (QED) is 0.637. The molecule has 4 heteroatoms. The minimum Gasteiger partial charge on any atom is -0.394 e. The van der Waals surface area contributed by atoms with Gasteiger partial charge in [-0.1, -0.05) is 0 Å². The Hall–Kier alpha value is -1.84. The van der Waals surface area contributed by atoms with Gasteiger partial charge < -0.3 is 10.7 Å². The van der Waals surface area contributed by atoms with Gasteiger partial charge in [0.05, 0.1) is 11.2 Å². The molecule has 2 rings (SSSR count). The summed E-state index contributed by atoms with van der Waals surface area (Å²) in [6, 6.07) is 5.67. The van der Waals surface area contributed by atoms with Crippen LogP contribution in [0.25, 0.3) is 10.9 Å². The molecule has 0 radical (unpaired) electrons. The lowest BCUT2D eigenvalue weighted by Crippen LogP contribution is -2.10. The van der Waals surface area contributed by atoms with Gasteiger partial charge in [-0.25, -0.2) is 4.39 Å². The summed E-state index contributed by atoms with van der Waals surface area (Å²) in [5, 5.41) is 0.721. The Morgan fingerprint density at radius 2 is 2.08 bits per heavy atom. The van der Waals surface area contributed by atoms with E-state index in [0.29, 0.717) is 5.52 Å². The molecular formula is C9H7FN2O. The molecule has 0 bridgehead atoms. The Morgan fingerprint density at radius 3 is 2.85 bits per heavy atom. The number of anilines is 1. The number of pyridine rings is 1. The fourth-order valence-corrected chi connectivity index (χ4v) is 1.19. The molecule has 13 heavy (non-hydrogen) atoms. The molecule has 0 spiro atoms. The van der Waals surface area contributed by atoms with Crippen LogP contribution in [0.3, 0.4) is 0 Å². The monoisotopic (exact) mass is 178 g/mol. The third-order valence-corrected chi connectivity index (χ3v) is 1.84. The lowest BCUT2D eigenvalue weighted by molar-refractivity contribution is 0.629. The maximum atomic E-state index is 12.7. The zero-order valence-corrected chi connectivity index (χ0v) is 6.67. The van der Waals surface area contributed by atoms with Crippen LogP contribution in [0.5, 0.6) is 0 Å². The summed E-state index contributed by atoms with van der Waals surface area (Å²) in [5.41, 5.74) is 5.59. The van der Waals surface area contributed by atoms with Gasteiger partial charge in [0.25, 0.3) is 5.56 Å². The van der Waals surface area contributed by atoms with E-state index in [-0.39, 0.29) is 11.5 Å². The third-order valence-electron chi connectivity index (χ3n) is 1.84. The van der Waals surface area contributed by atoms with Gasteiger partial charge in [-0.15, -0.1) is 0 Å². The van der Waals surface area contributed by atoms with Crippen LogP contribution in [0.1, 0.15) is 0 Å². The van der Waals surface area contributed by atoms with Crippen molar-refractivity contribution in [3.8, 4) is 0 Å². The molecule has 0 amide bonds. The molecule has 0 saturated heterocycles. The SMILES string of the molecule is Nc1cc2ccc(F)cc2[nH]c1=O. The number of aromatic amines is 1. The number of halogens is 1. The van der Waals surface area contributed by atoms with Gasteiger partial charge in [0, 0.05) is 5.39 Å². The lowest BCUT2D eigenvalue weighted by atomic mass is 10.2. The molecule has 1 heterocycles. The van der Waals surface area contributed by atoms with Crippen LogP contribution >= 0.6 is 0 Å². The normalized spacial score (nSPS) is 10.5. The van der Waals surface area contributed by atoms with Gasteiger partial charge in [-0.3, -0.25) is 4.79 Å². The number of nitrogen functional groups attached to an aromatic ring is 1. The summed E-state index contributed by atoms with van der Waals surface area (Å²) in [6.45, 7) is 0. The number of nitrogens with one attached hydrogen (secondary N) is 1. The average Bonchev–Trinajstić information content (AvgIpc) is 2.08. The maximum Gasteiger partial charge on any atom is 0.271 e. The third kappa shape index (κ3) is 1.26. The first-order chi connectivity index (χ1) is 6.16. The highest BCUT2D eigenvalue weighted by atomic mass is 19.1. The predicted octanol–water partition coefficient (Wildman–Crippen LogP) is 1.25. The molecular weight excluding hydrogens is 171 g/mol. The smallest absolute Gasteiger partial charge is 0.271 e. The number of benzene rings is 1. The number of hydrogen-bond donors (Lipinski definition) is 2. The lowest BCUT2D eigenvalue weighted by Gasteiger charge is -1.98. The van der Waals surface area contributed by atoms with Crippen LogP contribution in [0, 0.1) is 5.82 Å². The highest BCUT2D eigenvalue weighted by Gasteiger charge is 1.99. The van der Waals surface area contributed by atoms with Crippen molar-refractivity contribution in [3.63, 3.8) is 0 Å². The summed E-state index contributed by atoms with van der Waals surface area (Å²) >= 11 is 0. The van der Waals surface area contributed by atoms with Gasteiger partial charge >= 0.3 is 0 Å². The molecule has 0 fully saturated rings. The number of H-pyrrole nitrogens is 1. The molecule has 66 valence electrons. The van der Waals surface area contributed by atoms with Gasteiger partial charge in [-0.2, -0.15) is 0 Å². The number of aromatic nitrogens is 1. The van der Waals surface area contributed by atoms with E-state index in [1.54, 1.807) is 6.07 Å². The van der Waals surface area contributed by atoms with E-state index in [2.05, 4.69) is 4.98 Å². The molecule has 1 aromatic heterocycles. The average molecular weight is 178 g/mol. The second-order valence-corrected chi connectivity index (χ2v) is 2.79. The molecule has 0 aliphatic heterocycles. The second kappa shape index (κ2) is 2.58. The van der Waals surface area contributed by atoms with Crippen molar-refractivity contribution in [3.05, 3.63) is 40.4 Å². The highest BCUT2D eigenvalue weighted by molar-refractivity contribution is 5.80. The second-order valence-electron chi connectivity index (χ2n) is 2.79. The molecule has 0 aliphatic carbocycles. The summed E-state index contributed by atoms with van der Waals surface area (Å²) in [5.74, 6) is -0.382. The molecule has 3 N–H and O–H groups in total. The summed E-state index contributed by atoms with van der Waals surface area (Å²) in [7, 11) is 0. The van der Waals surface area contributed by atoms with Crippen molar-refractivity contribution in [1.82, 2.24) is 4.98 Å². The molecule has 1 aromatic carbocycles. The van der Waals surface area contributed by atoms with Crippen molar-refractivity contribution in [2.45, 2.75) is 0 Å². The summed E-state index contributed by atoms with van der Waals surface area (Å²) < 4.78 is 12.7. The molecule has 0 atom stereocenters. The minimum absolute atomic E-state index is 0.138. The summed E-state index contributed by atoms with van der Waals surface area (Å²) in [4.78, 5) is 13.5. The Bertz CT molecular complexity index is 518. The molecule has 0 unspecified atom stereocenters. The maximum absolute atomic E-state index is 12.7. The van der Waals surface area contributed by atoms with E-state index in [4.69, 9.17) is 5.73 Å².